The molecule has 0 rings (SSSR count). The first-order valence-corrected chi connectivity index (χ1v) is 4.78. The van der Waals surface area contributed by atoms with Crippen molar-refractivity contribution < 1.29 is 14.7 Å². The van der Waals surface area contributed by atoms with Gasteiger partial charge in [0.25, 0.3) is 0 Å². The molecule has 0 unspecified atom stereocenters. The highest BCUT2D eigenvalue weighted by molar-refractivity contribution is 5.79. The van der Waals surface area contributed by atoms with Crippen molar-refractivity contribution in [3.8, 4) is 0 Å². The summed E-state index contributed by atoms with van der Waals surface area (Å²) in [5.74, 6) is -1.08. The van der Waals surface area contributed by atoms with Crippen LogP contribution in [0, 0.1) is 5.92 Å². The maximum Gasteiger partial charge on any atom is 0.307 e. The van der Waals surface area contributed by atoms with E-state index >= 15 is 0 Å². The molecule has 4 heteroatoms. The zero-order valence-electron chi connectivity index (χ0n) is 9.06. The minimum Gasteiger partial charge on any atom is -0.481 e. The van der Waals surface area contributed by atoms with E-state index in [1.165, 1.54) is 0 Å². The van der Waals surface area contributed by atoms with Crippen molar-refractivity contribution >= 4 is 11.9 Å². The molecule has 0 aliphatic heterocycles. The summed E-state index contributed by atoms with van der Waals surface area (Å²) < 4.78 is 0. The topological polar surface area (TPSA) is 80.4 Å². The first-order valence-electron chi connectivity index (χ1n) is 4.78. The summed E-state index contributed by atoms with van der Waals surface area (Å²) in [5, 5.41) is 8.59. The number of carboxylic acid groups (broad SMARTS) is 1. The lowest BCUT2D eigenvalue weighted by molar-refractivity contribution is -0.136. The van der Waals surface area contributed by atoms with Crippen molar-refractivity contribution in [1.29, 1.82) is 0 Å². The van der Waals surface area contributed by atoms with Gasteiger partial charge in [-0.25, -0.2) is 0 Å². The van der Waals surface area contributed by atoms with E-state index in [-0.39, 0.29) is 12.8 Å². The molecule has 0 aromatic carbocycles. The maximum absolute atomic E-state index is 10.7. The fourth-order valence-electron chi connectivity index (χ4n) is 1.01. The molecule has 0 aliphatic rings. The molecule has 0 radical (unpaired) electrons. The molecule has 0 fully saturated rings. The van der Waals surface area contributed by atoms with Crippen LogP contribution in [0.1, 0.15) is 26.7 Å². The first kappa shape index (κ1) is 13.4. The fourth-order valence-corrected chi connectivity index (χ4v) is 1.01. The highest BCUT2D eigenvalue weighted by atomic mass is 16.4. The van der Waals surface area contributed by atoms with Crippen molar-refractivity contribution in [1.82, 2.24) is 0 Å². The van der Waals surface area contributed by atoms with Gasteiger partial charge < -0.3 is 10.8 Å². The largest absolute Gasteiger partial charge is 0.481 e. The summed E-state index contributed by atoms with van der Waals surface area (Å²) in [6.07, 6.45) is 5.16. The summed E-state index contributed by atoms with van der Waals surface area (Å²) >= 11 is 0. The predicted octanol–water partition coefficient (Wildman–Crippen LogP) is 1.48. The Kier molecular flexibility index (Phi) is 6.09. The molecule has 4 nitrogen and oxygen atoms in total. The normalized spacial score (nSPS) is 12.3. The van der Waals surface area contributed by atoms with Crippen molar-refractivity contribution in [3.05, 3.63) is 23.8 Å². The Balaban J connectivity index is 4.46. The van der Waals surface area contributed by atoms with Gasteiger partial charge in [-0.3, -0.25) is 9.59 Å². The summed E-state index contributed by atoms with van der Waals surface area (Å²) in [5.41, 5.74) is 5.52. The summed E-state index contributed by atoms with van der Waals surface area (Å²) in [6.45, 7) is 4.02. The number of nitrogens with two attached hydrogens (primary N) is 1. The Hall–Kier alpha value is -1.58. The van der Waals surface area contributed by atoms with Crippen LogP contribution in [0.2, 0.25) is 0 Å². The van der Waals surface area contributed by atoms with E-state index in [9.17, 15) is 9.59 Å². The Bertz CT molecular complexity index is 272. The number of primary amides is 1. The van der Waals surface area contributed by atoms with Gasteiger partial charge in [-0.15, -0.1) is 0 Å². The minimum absolute atomic E-state index is 0.00522. The zero-order valence-corrected chi connectivity index (χ0v) is 9.06. The van der Waals surface area contributed by atoms with Gasteiger partial charge in [0.05, 0.1) is 6.42 Å². The van der Waals surface area contributed by atoms with E-state index in [2.05, 4.69) is 0 Å². The van der Waals surface area contributed by atoms with Gasteiger partial charge in [0.2, 0.25) is 5.91 Å². The van der Waals surface area contributed by atoms with Crippen molar-refractivity contribution in [2.75, 3.05) is 0 Å². The quantitative estimate of drug-likeness (QED) is 0.653. The van der Waals surface area contributed by atoms with Crippen molar-refractivity contribution in [3.63, 3.8) is 0 Å². The molecule has 0 spiro atoms. The average molecular weight is 211 g/mol. The summed E-state index contributed by atoms with van der Waals surface area (Å²) in [7, 11) is 0. The number of amides is 1. The van der Waals surface area contributed by atoms with Gasteiger partial charge in [-0.2, -0.15) is 0 Å². The van der Waals surface area contributed by atoms with Gasteiger partial charge in [0, 0.05) is 6.42 Å². The van der Waals surface area contributed by atoms with E-state index < -0.39 is 11.9 Å². The van der Waals surface area contributed by atoms with Crippen LogP contribution in [0.4, 0.5) is 0 Å². The van der Waals surface area contributed by atoms with Crippen molar-refractivity contribution in [2.45, 2.75) is 26.7 Å². The number of rotatable bonds is 6. The molecule has 0 bridgehead atoms. The number of aliphatic carboxylic acids is 1. The maximum atomic E-state index is 10.7. The highest BCUT2D eigenvalue weighted by Crippen LogP contribution is 2.07. The second kappa shape index (κ2) is 6.81. The lowest BCUT2D eigenvalue weighted by Gasteiger charge is -2.00. The van der Waals surface area contributed by atoms with E-state index in [4.69, 9.17) is 10.8 Å². The predicted molar refractivity (Wildman–Crippen MR) is 58.1 cm³/mol. The molecule has 0 aromatic rings. The number of allylic oxidation sites excluding steroid dienone is 3. The molecule has 0 heterocycles. The third kappa shape index (κ3) is 8.74. The number of carbonyl (C=O) groups excluding carboxylic acids is 1. The van der Waals surface area contributed by atoms with E-state index in [0.717, 1.165) is 0 Å². The average Bonchev–Trinajstić information content (AvgIpc) is 2.00. The molecule has 0 aromatic heterocycles. The summed E-state index contributed by atoms with van der Waals surface area (Å²) in [6, 6.07) is 0. The Morgan fingerprint density at radius 1 is 1.33 bits per heavy atom. The number of hydrogen-bond acceptors (Lipinski definition) is 2. The Morgan fingerprint density at radius 3 is 2.33 bits per heavy atom. The Morgan fingerprint density at radius 2 is 1.93 bits per heavy atom. The molecule has 84 valence electrons. The van der Waals surface area contributed by atoms with E-state index in [0.29, 0.717) is 11.5 Å². The smallest absolute Gasteiger partial charge is 0.307 e. The Labute approximate surface area is 89.5 Å². The van der Waals surface area contributed by atoms with E-state index in [1.54, 1.807) is 12.2 Å². The van der Waals surface area contributed by atoms with Crippen LogP contribution in [-0.2, 0) is 9.59 Å². The van der Waals surface area contributed by atoms with Crippen LogP contribution < -0.4 is 5.73 Å². The van der Waals surface area contributed by atoms with E-state index in [1.807, 2.05) is 19.9 Å². The third-order valence-electron chi connectivity index (χ3n) is 1.61. The number of carboxylic acids is 1. The van der Waals surface area contributed by atoms with Gasteiger partial charge >= 0.3 is 5.97 Å². The minimum atomic E-state index is -0.958. The first-order chi connectivity index (χ1) is 6.91. The second-order valence-electron chi connectivity index (χ2n) is 3.67. The fraction of sp³-hybridized carbons (Fsp3) is 0.455. The van der Waals surface area contributed by atoms with Gasteiger partial charge in [0.1, 0.15) is 0 Å². The molecule has 0 atom stereocenters. The molecular weight excluding hydrogens is 194 g/mol. The molecule has 15 heavy (non-hydrogen) atoms. The van der Waals surface area contributed by atoms with Crippen LogP contribution in [0.3, 0.4) is 0 Å². The monoisotopic (exact) mass is 211 g/mol. The lowest BCUT2D eigenvalue weighted by atomic mass is 10.1. The van der Waals surface area contributed by atoms with Crippen LogP contribution >= 0.6 is 0 Å². The number of carbonyl (C=O) groups is 2. The SMILES string of the molecule is CC(C)/C=C/C=C(CC(N)=O)CC(=O)O. The van der Waals surface area contributed by atoms with Crippen molar-refractivity contribution in [2.24, 2.45) is 11.7 Å². The molecule has 1 amide bonds. The lowest BCUT2D eigenvalue weighted by Crippen LogP contribution is -2.12. The molecule has 0 saturated carbocycles. The standard InChI is InChI=1S/C11H17NO3/c1-8(2)4-3-5-9(6-10(12)13)7-11(14)15/h3-5,8H,6-7H2,1-2H3,(H2,12,13)(H,14,15)/b4-3+,9-5?. The zero-order chi connectivity index (χ0) is 11.8. The summed E-state index contributed by atoms with van der Waals surface area (Å²) in [4.78, 5) is 21.1. The van der Waals surface area contributed by atoms with Crippen LogP contribution in [0.5, 0.6) is 0 Å². The molecule has 0 saturated heterocycles. The molecular formula is C11H17NO3. The van der Waals surface area contributed by atoms with Gasteiger partial charge in [-0.05, 0) is 11.5 Å². The van der Waals surface area contributed by atoms with Gasteiger partial charge in [0.15, 0.2) is 0 Å². The van der Waals surface area contributed by atoms with Crippen LogP contribution in [-0.4, -0.2) is 17.0 Å². The third-order valence-corrected chi connectivity index (χ3v) is 1.61. The highest BCUT2D eigenvalue weighted by Gasteiger charge is 2.06. The van der Waals surface area contributed by atoms with Gasteiger partial charge in [-0.1, -0.05) is 32.1 Å². The second-order valence-corrected chi connectivity index (χ2v) is 3.67. The number of hydrogen-bond donors (Lipinski definition) is 2. The molecule has 3 N–H and O–H groups in total. The molecule has 0 aliphatic carbocycles. The van der Waals surface area contributed by atoms with Crippen LogP contribution in [0.15, 0.2) is 23.8 Å². The van der Waals surface area contributed by atoms with Crippen LogP contribution in [0.25, 0.3) is 0 Å².